The van der Waals surface area contributed by atoms with Gasteiger partial charge in [-0.3, -0.25) is 0 Å². The van der Waals surface area contributed by atoms with Crippen LogP contribution < -0.4 is 10.4 Å². The van der Waals surface area contributed by atoms with Crippen LogP contribution in [0.3, 0.4) is 0 Å². The van der Waals surface area contributed by atoms with Gasteiger partial charge in [-0.1, -0.05) is 54.1 Å². The van der Waals surface area contributed by atoms with Gasteiger partial charge in [0.15, 0.2) is 0 Å². The van der Waals surface area contributed by atoms with Crippen molar-refractivity contribution in [3.8, 4) is 22.6 Å². The molecule has 5 rings (SSSR count). The van der Waals surface area contributed by atoms with Crippen LogP contribution in [0.5, 0.6) is 5.75 Å². The maximum atomic E-state index is 12.5. The largest absolute Gasteiger partial charge is 0.489 e. The average molecular weight is 412 g/mol. The second kappa shape index (κ2) is 7.87. The third-order valence-corrected chi connectivity index (χ3v) is 5.76. The Balaban J connectivity index is 1.47. The minimum absolute atomic E-state index is 0.268. The number of aryl methyl sites for hydroxylation is 2. The van der Waals surface area contributed by atoms with Crippen molar-refractivity contribution in [1.29, 1.82) is 0 Å². The molecule has 31 heavy (non-hydrogen) atoms. The molecule has 1 heterocycles. The molecule has 4 aromatic rings. The number of hydrogen-bond donors (Lipinski definition) is 0. The number of benzene rings is 3. The number of rotatable bonds is 6. The van der Waals surface area contributed by atoms with Gasteiger partial charge in [-0.25, -0.2) is 4.79 Å². The van der Waals surface area contributed by atoms with E-state index in [-0.39, 0.29) is 5.69 Å². The number of hydrogen-bond acceptors (Lipinski definition) is 4. The number of ether oxygens (including phenoxy) is 1. The zero-order valence-corrected chi connectivity index (χ0v) is 17.7. The Labute approximate surface area is 180 Å². The molecule has 0 saturated heterocycles. The first-order valence-electron chi connectivity index (χ1n) is 10.5. The third-order valence-electron chi connectivity index (χ3n) is 5.76. The van der Waals surface area contributed by atoms with Crippen LogP contribution in [0.15, 0.2) is 71.5 Å². The summed E-state index contributed by atoms with van der Waals surface area (Å²) in [5, 5.41) is 7.91. The van der Waals surface area contributed by atoms with Crippen molar-refractivity contribution in [3.63, 3.8) is 0 Å². The van der Waals surface area contributed by atoms with Crippen LogP contribution in [0.25, 0.3) is 16.8 Å². The predicted molar refractivity (Wildman–Crippen MR) is 120 cm³/mol. The van der Waals surface area contributed by atoms with Crippen LogP contribution in [0.2, 0.25) is 0 Å². The molecule has 1 saturated carbocycles. The van der Waals surface area contributed by atoms with Crippen molar-refractivity contribution in [2.75, 3.05) is 0 Å². The van der Waals surface area contributed by atoms with Crippen LogP contribution in [-0.2, 0) is 13.7 Å². The van der Waals surface area contributed by atoms with Gasteiger partial charge in [0.25, 0.3) is 0 Å². The maximum absolute atomic E-state index is 12.5. The van der Waals surface area contributed by atoms with Gasteiger partial charge >= 0.3 is 5.69 Å². The molecule has 6 heteroatoms. The average Bonchev–Trinajstić information content (AvgIpc) is 3.58. The van der Waals surface area contributed by atoms with Crippen molar-refractivity contribution in [1.82, 2.24) is 19.8 Å². The lowest BCUT2D eigenvalue weighted by molar-refractivity contribution is 0.304. The molecular formula is C25H24N4O2. The van der Waals surface area contributed by atoms with Crippen molar-refractivity contribution >= 4 is 0 Å². The zero-order valence-electron chi connectivity index (χ0n) is 17.7. The molecule has 0 amide bonds. The molecule has 3 aromatic carbocycles. The minimum Gasteiger partial charge on any atom is -0.489 e. The first kappa shape index (κ1) is 19.3. The Morgan fingerprint density at radius 3 is 2.45 bits per heavy atom. The van der Waals surface area contributed by atoms with Crippen molar-refractivity contribution < 1.29 is 4.74 Å². The lowest BCUT2D eigenvalue weighted by atomic mass is 10.0. The monoisotopic (exact) mass is 412 g/mol. The highest BCUT2D eigenvalue weighted by atomic mass is 16.5. The summed E-state index contributed by atoms with van der Waals surface area (Å²) in [7, 11) is 1.60. The van der Waals surface area contributed by atoms with Crippen molar-refractivity contribution in [2.24, 2.45) is 7.05 Å². The zero-order chi connectivity index (χ0) is 21.4. The molecule has 1 fully saturated rings. The lowest BCUT2D eigenvalue weighted by Gasteiger charge is -2.15. The highest BCUT2D eigenvalue weighted by Gasteiger charge is 2.28. The van der Waals surface area contributed by atoms with Crippen LogP contribution in [0.4, 0.5) is 0 Å². The summed E-state index contributed by atoms with van der Waals surface area (Å²) in [6.45, 7) is 2.45. The van der Waals surface area contributed by atoms with Crippen molar-refractivity contribution in [2.45, 2.75) is 32.3 Å². The van der Waals surface area contributed by atoms with E-state index in [1.807, 2.05) is 24.3 Å². The van der Waals surface area contributed by atoms with Gasteiger partial charge in [0.2, 0.25) is 0 Å². The number of nitrogens with zero attached hydrogens (tertiary/aromatic N) is 4. The normalized spacial score (nSPS) is 13.4. The van der Waals surface area contributed by atoms with E-state index in [9.17, 15) is 4.79 Å². The molecule has 0 aliphatic heterocycles. The molecule has 1 aliphatic rings. The Kier molecular flexibility index (Phi) is 4.90. The van der Waals surface area contributed by atoms with Gasteiger partial charge in [0, 0.05) is 12.6 Å². The summed E-state index contributed by atoms with van der Waals surface area (Å²) in [5.74, 6) is 1.31. The fourth-order valence-corrected chi connectivity index (χ4v) is 3.86. The highest BCUT2D eigenvalue weighted by molar-refractivity contribution is 5.65. The van der Waals surface area contributed by atoms with Gasteiger partial charge < -0.3 is 4.74 Å². The molecule has 156 valence electrons. The Morgan fingerprint density at radius 1 is 0.968 bits per heavy atom. The second-order valence-corrected chi connectivity index (χ2v) is 8.10. The number of tetrazole rings is 1. The molecule has 6 nitrogen and oxygen atoms in total. The summed E-state index contributed by atoms with van der Waals surface area (Å²) < 4.78 is 8.83. The van der Waals surface area contributed by atoms with E-state index >= 15 is 0 Å². The van der Waals surface area contributed by atoms with Gasteiger partial charge in [-0.05, 0) is 71.0 Å². The van der Waals surface area contributed by atoms with Crippen LogP contribution in [0.1, 0.15) is 35.4 Å². The van der Waals surface area contributed by atoms with E-state index in [4.69, 9.17) is 4.74 Å². The summed E-state index contributed by atoms with van der Waals surface area (Å²) in [6.07, 6.45) is 2.32. The first-order valence-corrected chi connectivity index (χ1v) is 10.5. The molecule has 0 radical (unpaired) electrons. The highest BCUT2D eigenvalue weighted by Crippen LogP contribution is 2.43. The van der Waals surface area contributed by atoms with Crippen LogP contribution in [-0.4, -0.2) is 19.8 Å². The predicted octanol–water partition coefficient (Wildman–Crippen LogP) is 4.40. The SMILES string of the molecule is Cc1ccc(-c2cccc(OCc3c(C4CC4)cccc3-n3nnn(C)c3=O)c2)cc1. The fourth-order valence-electron chi connectivity index (χ4n) is 3.86. The topological polar surface area (TPSA) is 61.9 Å². The summed E-state index contributed by atoms with van der Waals surface area (Å²) in [5.41, 5.74) is 6.19. The Morgan fingerprint density at radius 2 is 1.74 bits per heavy atom. The molecular weight excluding hydrogens is 388 g/mol. The standard InChI is InChI=1S/C25H24N4O2/c1-17-9-11-18(12-10-17)20-5-3-6-21(15-20)31-16-23-22(19-13-14-19)7-4-8-24(23)29-25(30)28(2)26-27-29/h3-12,15,19H,13-14,16H2,1-2H3. The smallest absolute Gasteiger partial charge is 0.368 e. The Bertz CT molecular complexity index is 1280. The van der Waals surface area contributed by atoms with E-state index in [1.54, 1.807) is 7.05 Å². The molecule has 0 unspecified atom stereocenters. The van der Waals surface area contributed by atoms with Gasteiger partial charge in [-0.2, -0.15) is 9.36 Å². The Hall–Kier alpha value is -3.67. The van der Waals surface area contributed by atoms with Crippen LogP contribution >= 0.6 is 0 Å². The maximum Gasteiger partial charge on any atom is 0.368 e. The molecule has 1 aliphatic carbocycles. The van der Waals surface area contributed by atoms with Gasteiger partial charge in [0.1, 0.15) is 12.4 Å². The second-order valence-electron chi connectivity index (χ2n) is 8.10. The molecule has 0 N–H and O–H groups in total. The van der Waals surface area contributed by atoms with E-state index in [0.717, 1.165) is 41.0 Å². The number of aromatic nitrogens is 4. The molecule has 0 bridgehead atoms. The first-order chi connectivity index (χ1) is 15.1. The van der Waals surface area contributed by atoms with Gasteiger partial charge in [0.05, 0.1) is 5.69 Å². The lowest BCUT2D eigenvalue weighted by Crippen LogP contribution is -2.23. The summed E-state index contributed by atoms with van der Waals surface area (Å²) >= 11 is 0. The third kappa shape index (κ3) is 3.89. The minimum atomic E-state index is -0.268. The molecule has 1 aromatic heterocycles. The quantitative estimate of drug-likeness (QED) is 0.471. The van der Waals surface area contributed by atoms with E-state index in [0.29, 0.717) is 12.5 Å². The molecule has 0 spiro atoms. The van der Waals surface area contributed by atoms with E-state index in [2.05, 4.69) is 59.8 Å². The summed E-state index contributed by atoms with van der Waals surface area (Å²) in [4.78, 5) is 12.5. The molecule has 0 atom stereocenters. The van der Waals surface area contributed by atoms with E-state index in [1.165, 1.54) is 20.5 Å². The summed E-state index contributed by atoms with van der Waals surface area (Å²) in [6, 6.07) is 22.6. The fraction of sp³-hybridized carbons (Fsp3) is 0.240. The van der Waals surface area contributed by atoms with Crippen molar-refractivity contribution in [3.05, 3.63) is 93.9 Å². The van der Waals surface area contributed by atoms with E-state index < -0.39 is 0 Å². The van der Waals surface area contributed by atoms with Gasteiger partial charge in [-0.15, -0.1) is 0 Å². The van der Waals surface area contributed by atoms with Crippen LogP contribution in [0, 0.1) is 6.92 Å².